The zero-order valence-electron chi connectivity index (χ0n) is 12.0. The molecule has 5 nitrogen and oxygen atoms in total. The van der Waals surface area contributed by atoms with Crippen LogP contribution in [0.4, 0.5) is 0 Å². The maximum atomic E-state index is 12.2. The SMILES string of the molecule is CCn1nc(-c2ccccc2OC)cc(C(C)N)c1=O. The highest BCUT2D eigenvalue weighted by Gasteiger charge is 2.14. The summed E-state index contributed by atoms with van der Waals surface area (Å²) in [7, 11) is 1.61. The Balaban J connectivity index is 2.68. The number of aryl methyl sites for hydroxylation is 1. The fourth-order valence-electron chi connectivity index (χ4n) is 2.09. The summed E-state index contributed by atoms with van der Waals surface area (Å²) < 4.78 is 6.78. The molecule has 0 saturated carbocycles. The Morgan fingerprint density at radius 1 is 1.40 bits per heavy atom. The topological polar surface area (TPSA) is 70.1 Å². The van der Waals surface area contributed by atoms with Crippen molar-refractivity contribution in [2.24, 2.45) is 5.73 Å². The first kappa shape index (κ1) is 14.3. The molecule has 1 atom stereocenters. The van der Waals surface area contributed by atoms with Gasteiger partial charge >= 0.3 is 0 Å². The molecule has 0 bridgehead atoms. The molecule has 1 aromatic heterocycles. The fourth-order valence-corrected chi connectivity index (χ4v) is 2.09. The van der Waals surface area contributed by atoms with Crippen LogP contribution < -0.4 is 16.0 Å². The molecule has 1 heterocycles. The number of ether oxygens (including phenoxy) is 1. The minimum Gasteiger partial charge on any atom is -0.496 e. The molecule has 5 heteroatoms. The Bertz CT molecular complexity index is 662. The Morgan fingerprint density at radius 3 is 2.70 bits per heavy atom. The number of methoxy groups -OCH3 is 1. The molecular weight excluding hydrogens is 254 g/mol. The summed E-state index contributed by atoms with van der Waals surface area (Å²) in [5.41, 5.74) is 7.84. The van der Waals surface area contributed by atoms with Gasteiger partial charge in [-0.05, 0) is 32.0 Å². The average Bonchev–Trinajstić information content (AvgIpc) is 2.47. The van der Waals surface area contributed by atoms with Crippen molar-refractivity contribution >= 4 is 0 Å². The highest BCUT2D eigenvalue weighted by atomic mass is 16.5. The van der Waals surface area contributed by atoms with Gasteiger partial charge in [-0.15, -0.1) is 0 Å². The van der Waals surface area contributed by atoms with Crippen LogP contribution in [-0.2, 0) is 6.54 Å². The van der Waals surface area contributed by atoms with Crippen molar-refractivity contribution in [1.82, 2.24) is 9.78 Å². The number of para-hydroxylation sites is 1. The molecule has 0 aliphatic rings. The standard InChI is InChI=1S/C15H19N3O2/c1-4-18-15(19)12(10(2)16)9-13(17-18)11-7-5-6-8-14(11)20-3/h5-10H,4,16H2,1-3H3. The van der Waals surface area contributed by atoms with Gasteiger partial charge in [-0.1, -0.05) is 12.1 Å². The molecule has 106 valence electrons. The van der Waals surface area contributed by atoms with Crippen molar-refractivity contribution in [1.29, 1.82) is 0 Å². The molecule has 2 rings (SSSR count). The van der Waals surface area contributed by atoms with Crippen LogP contribution in [0.3, 0.4) is 0 Å². The van der Waals surface area contributed by atoms with Gasteiger partial charge in [0.25, 0.3) is 5.56 Å². The van der Waals surface area contributed by atoms with Crippen LogP contribution >= 0.6 is 0 Å². The molecule has 2 N–H and O–H groups in total. The summed E-state index contributed by atoms with van der Waals surface area (Å²) in [4.78, 5) is 12.2. The number of hydrogen-bond donors (Lipinski definition) is 1. The van der Waals surface area contributed by atoms with E-state index in [0.717, 1.165) is 11.3 Å². The summed E-state index contributed by atoms with van der Waals surface area (Å²) >= 11 is 0. The quantitative estimate of drug-likeness (QED) is 0.924. The van der Waals surface area contributed by atoms with Crippen LogP contribution in [-0.4, -0.2) is 16.9 Å². The first-order valence-corrected chi connectivity index (χ1v) is 6.59. The second kappa shape index (κ2) is 5.88. The predicted octanol–water partition coefficient (Wildman–Crippen LogP) is 1.96. The summed E-state index contributed by atoms with van der Waals surface area (Å²) in [5, 5.41) is 4.38. The van der Waals surface area contributed by atoms with Gasteiger partial charge in [0.05, 0.1) is 12.8 Å². The van der Waals surface area contributed by atoms with E-state index in [0.29, 0.717) is 17.8 Å². The van der Waals surface area contributed by atoms with Crippen LogP contribution in [0.25, 0.3) is 11.3 Å². The fraction of sp³-hybridized carbons (Fsp3) is 0.333. The number of hydrogen-bond acceptors (Lipinski definition) is 4. The van der Waals surface area contributed by atoms with Crippen molar-refractivity contribution in [2.75, 3.05) is 7.11 Å². The second-order valence-corrected chi connectivity index (χ2v) is 4.59. The van der Waals surface area contributed by atoms with Gasteiger partial charge in [-0.3, -0.25) is 4.79 Å². The summed E-state index contributed by atoms with van der Waals surface area (Å²) in [6.45, 7) is 4.18. The van der Waals surface area contributed by atoms with E-state index in [1.54, 1.807) is 20.1 Å². The van der Waals surface area contributed by atoms with Crippen LogP contribution in [0.2, 0.25) is 0 Å². The monoisotopic (exact) mass is 273 g/mol. The van der Waals surface area contributed by atoms with Crippen molar-refractivity contribution in [3.8, 4) is 17.0 Å². The summed E-state index contributed by atoms with van der Waals surface area (Å²) in [6, 6.07) is 8.99. The number of nitrogens with two attached hydrogens (primary N) is 1. The van der Waals surface area contributed by atoms with Gasteiger partial charge in [0.2, 0.25) is 0 Å². The normalized spacial score (nSPS) is 12.2. The molecule has 1 aromatic carbocycles. The molecular formula is C15H19N3O2. The molecule has 1 unspecified atom stereocenters. The van der Waals surface area contributed by atoms with Gasteiger partial charge in [-0.25, -0.2) is 4.68 Å². The molecule has 0 aliphatic heterocycles. The number of rotatable bonds is 4. The molecule has 20 heavy (non-hydrogen) atoms. The van der Waals surface area contributed by atoms with E-state index < -0.39 is 0 Å². The zero-order chi connectivity index (χ0) is 14.7. The van der Waals surface area contributed by atoms with E-state index in [1.807, 2.05) is 31.2 Å². The highest BCUT2D eigenvalue weighted by Crippen LogP contribution is 2.28. The first-order valence-electron chi connectivity index (χ1n) is 6.59. The van der Waals surface area contributed by atoms with Gasteiger partial charge in [-0.2, -0.15) is 5.10 Å². The molecule has 0 fully saturated rings. The van der Waals surface area contributed by atoms with Gasteiger partial charge < -0.3 is 10.5 Å². The third-order valence-corrected chi connectivity index (χ3v) is 3.18. The molecule has 2 aromatic rings. The van der Waals surface area contributed by atoms with Crippen molar-refractivity contribution in [3.05, 3.63) is 46.2 Å². The highest BCUT2D eigenvalue weighted by molar-refractivity contribution is 5.67. The lowest BCUT2D eigenvalue weighted by Crippen LogP contribution is -2.29. The lowest BCUT2D eigenvalue weighted by Gasteiger charge is -2.13. The lowest BCUT2D eigenvalue weighted by atomic mass is 10.1. The predicted molar refractivity (Wildman–Crippen MR) is 78.8 cm³/mol. The van der Waals surface area contributed by atoms with E-state index in [9.17, 15) is 4.79 Å². The van der Waals surface area contributed by atoms with E-state index in [-0.39, 0.29) is 11.6 Å². The average molecular weight is 273 g/mol. The van der Waals surface area contributed by atoms with Gasteiger partial charge in [0.1, 0.15) is 5.75 Å². The Labute approximate surface area is 118 Å². The Morgan fingerprint density at radius 2 is 2.10 bits per heavy atom. The third-order valence-electron chi connectivity index (χ3n) is 3.18. The first-order chi connectivity index (χ1) is 9.58. The Hall–Kier alpha value is -2.14. The summed E-state index contributed by atoms with van der Waals surface area (Å²) in [5.74, 6) is 0.719. The van der Waals surface area contributed by atoms with Crippen molar-refractivity contribution in [3.63, 3.8) is 0 Å². The van der Waals surface area contributed by atoms with Crippen LogP contribution in [0, 0.1) is 0 Å². The van der Waals surface area contributed by atoms with Crippen molar-refractivity contribution in [2.45, 2.75) is 26.4 Å². The van der Waals surface area contributed by atoms with Gasteiger partial charge in [0, 0.05) is 23.7 Å². The number of aromatic nitrogens is 2. The number of nitrogens with zero attached hydrogens (tertiary/aromatic N) is 2. The summed E-state index contributed by atoms with van der Waals surface area (Å²) in [6.07, 6.45) is 0. The largest absolute Gasteiger partial charge is 0.496 e. The second-order valence-electron chi connectivity index (χ2n) is 4.59. The molecule has 0 aliphatic carbocycles. The van der Waals surface area contributed by atoms with Crippen LogP contribution in [0.1, 0.15) is 25.5 Å². The molecule has 0 spiro atoms. The van der Waals surface area contributed by atoms with E-state index >= 15 is 0 Å². The van der Waals surface area contributed by atoms with E-state index in [2.05, 4.69) is 5.10 Å². The van der Waals surface area contributed by atoms with Crippen LogP contribution in [0.5, 0.6) is 5.75 Å². The van der Waals surface area contributed by atoms with E-state index in [1.165, 1.54) is 4.68 Å². The Kier molecular flexibility index (Phi) is 4.20. The lowest BCUT2D eigenvalue weighted by molar-refractivity contribution is 0.416. The van der Waals surface area contributed by atoms with Crippen LogP contribution in [0.15, 0.2) is 35.1 Å². The maximum Gasteiger partial charge on any atom is 0.271 e. The zero-order valence-corrected chi connectivity index (χ0v) is 12.0. The van der Waals surface area contributed by atoms with Crippen molar-refractivity contribution < 1.29 is 4.74 Å². The van der Waals surface area contributed by atoms with Gasteiger partial charge in [0.15, 0.2) is 0 Å². The minimum absolute atomic E-state index is 0.138. The molecule has 0 radical (unpaired) electrons. The minimum atomic E-state index is -0.336. The van der Waals surface area contributed by atoms with E-state index in [4.69, 9.17) is 10.5 Å². The smallest absolute Gasteiger partial charge is 0.271 e. The molecule has 0 saturated heterocycles. The molecule has 0 amide bonds. The third kappa shape index (κ3) is 2.58. The number of benzene rings is 1. The maximum absolute atomic E-state index is 12.2.